The fourth-order valence-corrected chi connectivity index (χ4v) is 2.39. The van der Waals surface area contributed by atoms with Gasteiger partial charge in [-0.1, -0.05) is 26.7 Å². The van der Waals surface area contributed by atoms with Crippen LogP contribution in [0.25, 0.3) is 0 Å². The molecule has 0 saturated carbocycles. The molecular weight excluding hydrogens is 222 g/mol. The van der Waals surface area contributed by atoms with Gasteiger partial charge in [0.05, 0.1) is 12.0 Å². The second-order valence-corrected chi connectivity index (χ2v) is 6.21. The maximum absolute atomic E-state index is 4.32. The zero-order chi connectivity index (χ0) is 13.8. The van der Waals surface area contributed by atoms with Gasteiger partial charge >= 0.3 is 0 Å². The van der Waals surface area contributed by atoms with Crippen LogP contribution in [-0.2, 0) is 6.54 Å². The summed E-state index contributed by atoms with van der Waals surface area (Å²) in [5.41, 5.74) is 1.43. The van der Waals surface area contributed by atoms with Gasteiger partial charge in [-0.15, -0.1) is 0 Å². The van der Waals surface area contributed by atoms with E-state index < -0.39 is 0 Å². The molecule has 0 aliphatic carbocycles. The van der Waals surface area contributed by atoms with Crippen LogP contribution < -0.4 is 5.32 Å². The Morgan fingerprint density at radius 2 is 1.89 bits per heavy atom. The Hall–Kier alpha value is -0.830. The third-order valence-corrected chi connectivity index (χ3v) is 3.72. The number of hydrogen-bond donors (Lipinski definition) is 1. The molecule has 3 nitrogen and oxygen atoms in total. The van der Waals surface area contributed by atoms with E-state index in [0.717, 1.165) is 12.5 Å². The van der Waals surface area contributed by atoms with Crippen molar-refractivity contribution in [3.63, 3.8) is 0 Å². The Morgan fingerprint density at radius 1 is 1.28 bits per heavy atom. The quantitative estimate of drug-likeness (QED) is 0.834. The summed E-state index contributed by atoms with van der Waals surface area (Å²) < 4.78 is 2.33. The van der Waals surface area contributed by atoms with Crippen molar-refractivity contribution in [1.29, 1.82) is 0 Å². The van der Waals surface area contributed by atoms with E-state index in [-0.39, 0.29) is 5.54 Å². The van der Waals surface area contributed by atoms with Crippen molar-refractivity contribution in [3.05, 3.63) is 18.2 Å². The second-order valence-electron chi connectivity index (χ2n) is 6.21. The highest BCUT2D eigenvalue weighted by Crippen LogP contribution is 2.25. The molecule has 0 aromatic carbocycles. The van der Waals surface area contributed by atoms with Crippen LogP contribution >= 0.6 is 0 Å². The number of rotatable bonds is 6. The van der Waals surface area contributed by atoms with Crippen molar-refractivity contribution in [2.45, 2.75) is 72.5 Å². The predicted octanol–water partition coefficient (Wildman–Crippen LogP) is 3.77. The summed E-state index contributed by atoms with van der Waals surface area (Å²) in [7, 11) is 0. The van der Waals surface area contributed by atoms with Gasteiger partial charge in [0.25, 0.3) is 0 Å². The summed E-state index contributed by atoms with van der Waals surface area (Å²) in [6.45, 7) is 14.3. The molecule has 1 aromatic rings. The van der Waals surface area contributed by atoms with E-state index in [9.17, 15) is 0 Å². The fourth-order valence-electron chi connectivity index (χ4n) is 2.39. The van der Waals surface area contributed by atoms with Gasteiger partial charge in [-0.2, -0.15) is 0 Å². The molecule has 1 N–H and O–H groups in total. The van der Waals surface area contributed by atoms with Crippen molar-refractivity contribution in [2.24, 2.45) is 5.92 Å². The molecule has 1 heterocycles. The first-order chi connectivity index (χ1) is 8.39. The smallest absolute Gasteiger partial charge is 0.0951 e. The number of aromatic nitrogens is 2. The van der Waals surface area contributed by atoms with Crippen molar-refractivity contribution < 1.29 is 0 Å². The fraction of sp³-hybridized carbons (Fsp3) is 0.800. The molecule has 1 aromatic heterocycles. The first-order valence-corrected chi connectivity index (χ1v) is 7.14. The molecule has 0 fully saturated rings. The normalized spacial score (nSPS) is 14.2. The molecule has 1 unspecified atom stereocenters. The molecule has 1 atom stereocenters. The highest BCUT2D eigenvalue weighted by atomic mass is 15.1. The highest BCUT2D eigenvalue weighted by molar-refractivity contribution is 5.01. The minimum atomic E-state index is 0.146. The summed E-state index contributed by atoms with van der Waals surface area (Å²) in [6, 6.07) is 0.527. The Kier molecular flexibility index (Phi) is 5.39. The van der Waals surface area contributed by atoms with Gasteiger partial charge in [0, 0.05) is 24.3 Å². The standard InChI is InChI=1S/C15H29N3/c1-7-13(8-2)12(3)18-11-16-9-14(18)10-17-15(4,5)6/h9,11-13,17H,7-8,10H2,1-6H3. The molecule has 0 aliphatic heterocycles. The SMILES string of the molecule is CCC(CC)C(C)n1cncc1CNC(C)(C)C. The van der Waals surface area contributed by atoms with Crippen LogP contribution in [0, 0.1) is 5.92 Å². The van der Waals surface area contributed by atoms with Gasteiger partial charge in [-0.3, -0.25) is 0 Å². The lowest BCUT2D eigenvalue weighted by molar-refractivity contribution is 0.320. The maximum atomic E-state index is 4.32. The zero-order valence-electron chi connectivity index (χ0n) is 12.8. The minimum Gasteiger partial charge on any atom is -0.330 e. The molecule has 18 heavy (non-hydrogen) atoms. The number of hydrogen-bond acceptors (Lipinski definition) is 2. The highest BCUT2D eigenvalue weighted by Gasteiger charge is 2.18. The van der Waals surface area contributed by atoms with Gasteiger partial charge < -0.3 is 9.88 Å². The Morgan fingerprint density at radius 3 is 2.39 bits per heavy atom. The molecule has 0 amide bonds. The molecule has 0 radical (unpaired) electrons. The van der Waals surface area contributed by atoms with Crippen LogP contribution in [0.1, 0.15) is 66.1 Å². The van der Waals surface area contributed by atoms with Crippen molar-refractivity contribution in [1.82, 2.24) is 14.9 Å². The topological polar surface area (TPSA) is 29.9 Å². The molecule has 0 spiro atoms. The van der Waals surface area contributed by atoms with E-state index >= 15 is 0 Å². The average Bonchev–Trinajstić information content (AvgIpc) is 2.75. The molecule has 104 valence electrons. The Labute approximate surface area is 112 Å². The monoisotopic (exact) mass is 251 g/mol. The molecule has 3 heteroatoms. The number of nitrogens with zero attached hydrogens (tertiary/aromatic N) is 2. The van der Waals surface area contributed by atoms with E-state index in [2.05, 4.69) is 56.4 Å². The first-order valence-electron chi connectivity index (χ1n) is 7.14. The number of imidazole rings is 1. The van der Waals surface area contributed by atoms with Gasteiger partial charge in [-0.25, -0.2) is 4.98 Å². The molecular formula is C15H29N3. The minimum absolute atomic E-state index is 0.146. The van der Waals surface area contributed by atoms with Crippen LogP contribution in [0.2, 0.25) is 0 Å². The third kappa shape index (κ3) is 4.13. The summed E-state index contributed by atoms with van der Waals surface area (Å²) in [5, 5.41) is 3.53. The summed E-state index contributed by atoms with van der Waals surface area (Å²) >= 11 is 0. The number of nitrogens with one attached hydrogen (secondary N) is 1. The van der Waals surface area contributed by atoms with Crippen LogP contribution in [0.3, 0.4) is 0 Å². The Bertz CT molecular complexity index is 345. The van der Waals surface area contributed by atoms with E-state index in [1.807, 2.05) is 12.5 Å². The summed E-state index contributed by atoms with van der Waals surface area (Å²) in [4.78, 5) is 4.32. The van der Waals surface area contributed by atoms with E-state index in [1.165, 1.54) is 18.5 Å². The van der Waals surface area contributed by atoms with E-state index in [0.29, 0.717) is 6.04 Å². The third-order valence-electron chi connectivity index (χ3n) is 3.72. The summed E-state index contributed by atoms with van der Waals surface area (Å²) in [5.74, 6) is 0.729. The molecule has 0 saturated heterocycles. The summed E-state index contributed by atoms with van der Waals surface area (Å²) in [6.07, 6.45) is 6.41. The van der Waals surface area contributed by atoms with Crippen molar-refractivity contribution in [3.8, 4) is 0 Å². The van der Waals surface area contributed by atoms with Crippen LogP contribution in [0.5, 0.6) is 0 Å². The molecule has 0 aliphatic rings. The lowest BCUT2D eigenvalue weighted by atomic mass is 9.95. The van der Waals surface area contributed by atoms with Crippen LogP contribution in [0.15, 0.2) is 12.5 Å². The first kappa shape index (κ1) is 15.2. The van der Waals surface area contributed by atoms with Gasteiger partial charge in [0.2, 0.25) is 0 Å². The van der Waals surface area contributed by atoms with E-state index in [1.54, 1.807) is 0 Å². The predicted molar refractivity (Wildman–Crippen MR) is 77.6 cm³/mol. The average molecular weight is 251 g/mol. The lowest BCUT2D eigenvalue weighted by Crippen LogP contribution is -2.36. The second kappa shape index (κ2) is 6.37. The van der Waals surface area contributed by atoms with Gasteiger partial charge in [0.15, 0.2) is 0 Å². The molecule has 0 bridgehead atoms. The largest absolute Gasteiger partial charge is 0.330 e. The van der Waals surface area contributed by atoms with Crippen LogP contribution in [0.4, 0.5) is 0 Å². The van der Waals surface area contributed by atoms with Gasteiger partial charge in [0.1, 0.15) is 0 Å². The van der Waals surface area contributed by atoms with Crippen molar-refractivity contribution >= 4 is 0 Å². The lowest BCUT2D eigenvalue weighted by Gasteiger charge is -2.26. The zero-order valence-corrected chi connectivity index (χ0v) is 12.8. The maximum Gasteiger partial charge on any atom is 0.0951 e. The van der Waals surface area contributed by atoms with E-state index in [4.69, 9.17) is 0 Å². The van der Waals surface area contributed by atoms with Gasteiger partial charge in [-0.05, 0) is 33.6 Å². The Balaban J connectivity index is 2.75. The molecule has 1 rings (SSSR count). The van der Waals surface area contributed by atoms with Crippen molar-refractivity contribution in [2.75, 3.05) is 0 Å². The van der Waals surface area contributed by atoms with Crippen LogP contribution in [-0.4, -0.2) is 15.1 Å².